The number of amides is 2. The fourth-order valence-corrected chi connectivity index (χ4v) is 2.55. The highest BCUT2D eigenvalue weighted by Crippen LogP contribution is 2.20. The van der Waals surface area contributed by atoms with Gasteiger partial charge in [0.15, 0.2) is 0 Å². The SMILES string of the molecule is Cc1ccc(NC(=O)C2CCCN(C(=O)C(C)(C)N)C2)nc1.Cl.Cl. The van der Waals surface area contributed by atoms with Gasteiger partial charge in [0.1, 0.15) is 5.82 Å². The van der Waals surface area contributed by atoms with E-state index in [1.807, 2.05) is 13.0 Å². The van der Waals surface area contributed by atoms with Gasteiger partial charge in [-0.25, -0.2) is 4.98 Å². The first-order valence-corrected chi connectivity index (χ1v) is 7.59. The number of piperidine rings is 1. The van der Waals surface area contributed by atoms with Crippen LogP contribution in [0.5, 0.6) is 0 Å². The Balaban J connectivity index is 0.00000264. The van der Waals surface area contributed by atoms with Crippen molar-refractivity contribution in [3.63, 3.8) is 0 Å². The first-order chi connectivity index (χ1) is 10.3. The van der Waals surface area contributed by atoms with Crippen molar-refractivity contribution < 1.29 is 9.59 Å². The summed E-state index contributed by atoms with van der Waals surface area (Å²) >= 11 is 0. The molecule has 1 aromatic rings. The normalized spacial score (nSPS) is 17.3. The third kappa shape index (κ3) is 5.92. The lowest BCUT2D eigenvalue weighted by Crippen LogP contribution is -2.54. The van der Waals surface area contributed by atoms with Crippen LogP contribution < -0.4 is 11.1 Å². The van der Waals surface area contributed by atoms with E-state index < -0.39 is 5.54 Å². The van der Waals surface area contributed by atoms with Crippen LogP contribution in [0, 0.1) is 12.8 Å². The average Bonchev–Trinajstić information content (AvgIpc) is 2.48. The maximum Gasteiger partial charge on any atom is 0.242 e. The van der Waals surface area contributed by atoms with Crippen LogP contribution in [0.2, 0.25) is 0 Å². The summed E-state index contributed by atoms with van der Waals surface area (Å²) < 4.78 is 0. The Labute approximate surface area is 155 Å². The van der Waals surface area contributed by atoms with Crippen molar-refractivity contribution in [3.8, 4) is 0 Å². The molecule has 0 bridgehead atoms. The van der Waals surface area contributed by atoms with Crippen molar-refractivity contribution in [2.24, 2.45) is 11.7 Å². The summed E-state index contributed by atoms with van der Waals surface area (Å²) in [6, 6.07) is 3.68. The number of nitrogens with zero attached hydrogens (tertiary/aromatic N) is 2. The number of likely N-dealkylation sites (tertiary alicyclic amines) is 1. The van der Waals surface area contributed by atoms with Crippen molar-refractivity contribution >= 4 is 42.4 Å². The van der Waals surface area contributed by atoms with Crippen LogP contribution >= 0.6 is 24.8 Å². The van der Waals surface area contributed by atoms with Crippen molar-refractivity contribution in [1.29, 1.82) is 0 Å². The molecule has 0 aliphatic carbocycles. The molecule has 2 rings (SSSR count). The van der Waals surface area contributed by atoms with Crippen LogP contribution in [-0.2, 0) is 9.59 Å². The van der Waals surface area contributed by atoms with E-state index >= 15 is 0 Å². The zero-order valence-electron chi connectivity index (χ0n) is 14.2. The molecule has 24 heavy (non-hydrogen) atoms. The molecule has 136 valence electrons. The van der Waals surface area contributed by atoms with Crippen molar-refractivity contribution in [2.75, 3.05) is 18.4 Å². The van der Waals surface area contributed by atoms with Gasteiger partial charge in [-0.2, -0.15) is 0 Å². The van der Waals surface area contributed by atoms with E-state index in [1.165, 1.54) is 0 Å². The predicted molar refractivity (Wildman–Crippen MR) is 99.7 cm³/mol. The summed E-state index contributed by atoms with van der Waals surface area (Å²) in [5.74, 6) is 0.114. The molecule has 3 N–H and O–H groups in total. The van der Waals surface area contributed by atoms with Crippen LogP contribution in [0.4, 0.5) is 5.82 Å². The highest BCUT2D eigenvalue weighted by molar-refractivity contribution is 5.93. The van der Waals surface area contributed by atoms with Crippen molar-refractivity contribution in [3.05, 3.63) is 23.9 Å². The van der Waals surface area contributed by atoms with Gasteiger partial charge in [-0.3, -0.25) is 9.59 Å². The van der Waals surface area contributed by atoms with Gasteiger partial charge >= 0.3 is 0 Å². The van der Waals surface area contributed by atoms with E-state index in [1.54, 1.807) is 31.0 Å². The Morgan fingerprint density at radius 1 is 1.33 bits per heavy atom. The third-order valence-corrected chi connectivity index (χ3v) is 3.79. The fourth-order valence-electron chi connectivity index (χ4n) is 2.55. The molecule has 0 radical (unpaired) electrons. The van der Waals surface area contributed by atoms with Gasteiger partial charge in [0.05, 0.1) is 11.5 Å². The van der Waals surface area contributed by atoms with Gasteiger partial charge in [0, 0.05) is 19.3 Å². The van der Waals surface area contributed by atoms with E-state index in [9.17, 15) is 9.59 Å². The highest BCUT2D eigenvalue weighted by atomic mass is 35.5. The number of hydrogen-bond acceptors (Lipinski definition) is 4. The monoisotopic (exact) mass is 376 g/mol. The molecule has 2 amide bonds. The number of nitrogens with one attached hydrogen (secondary N) is 1. The van der Waals surface area contributed by atoms with Gasteiger partial charge in [-0.05, 0) is 45.2 Å². The van der Waals surface area contributed by atoms with Crippen LogP contribution in [-0.4, -0.2) is 40.3 Å². The van der Waals surface area contributed by atoms with E-state index in [0.717, 1.165) is 18.4 Å². The Morgan fingerprint density at radius 2 is 2.00 bits per heavy atom. The lowest BCUT2D eigenvalue weighted by molar-refractivity contribution is -0.138. The van der Waals surface area contributed by atoms with Crippen LogP contribution in [0.15, 0.2) is 18.3 Å². The minimum absolute atomic E-state index is 0. The maximum absolute atomic E-state index is 12.3. The lowest BCUT2D eigenvalue weighted by Gasteiger charge is -2.35. The predicted octanol–water partition coefficient (Wildman–Crippen LogP) is 2.15. The summed E-state index contributed by atoms with van der Waals surface area (Å²) in [4.78, 5) is 30.5. The molecule has 1 atom stereocenters. The van der Waals surface area contributed by atoms with Crippen molar-refractivity contribution in [2.45, 2.75) is 39.2 Å². The van der Waals surface area contributed by atoms with E-state index in [2.05, 4.69) is 10.3 Å². The van der Waals surface area contributed by atoms with E-state index in [0.29, 0.717) is 18.9 Å². The molecule has 6 nitrogen and oxygen atoms in total. The first kappa shape index (κ1) is 22.6. The smallest absolute Gasteiger partial charge is 0.242 e. The molecule has 1 saturated heterocycles. The molecule has 1 fully saturated rings. The second kappa shape index (κ2) is 9.20. The second-order valence-electron chi connectivity index (χ2n) is 6.52. The fraction of sp³-hybridized carbons (Fsp3) is 0.562. The zero-order chi connectivity index (χ0) is 16.3. The number of carbonyl (C=O) groups is 2. The molecule has 8 heteroatoms. The molecule has 1 aromatic heterocycles. The standard InChI is InChI=1S/C16H24N4O2.2ClH/c1-11-6-7-13(18-9-11)19-14(21)12-5-4-8-20(10-12)15(22)16(2,3)17;;/h6-7,9,12H,4-5,8,10,17H2,1-3H3,(H,18,19,21);2*1H. The van der Waals surface area contributed by atoms with Gasteiger partial charge in [-0.15, -0.1) is 24.8 Å². The summed E-state index contributed by atoms with van der Waals surface area (Å²) in [6.07, 6.45) is 3.29. The average molecular weight is 377 g/mol. The number of aromatic nitrogens is 1. The van der Waals surface area contributed by atoms with Gasteiger partial charge in [0.2, 0.25) is 11.8 Å². The number of hydrogen-bond donors (Lipinski definition) is 2. The Hall–Kier alpha value is -1.37. The van der Waals surface area contributed by atoms with Gasteiger partial charge < -0.3 is 16.0 Å². The van der Waals surface area contributed by atoms with Crippen molar-refractivity contribution in [1.82, 2.24) is 9.88 Å². The number of nitrogens with two attached hydrogens (primary N) is 1. The number of aryl methyl sites for hydroxylation is 1. The summed E-state index contributed by atoms with van der Waals surface area (Å²) in [7, 11) is 0. The molecule has 0 aromatic carbocycles. The quantitative estimate of drug-likeness (QED) is 0.845. The van der Waals surface area contributed by atoms with E-state index in [4.69, 9.17) is 5.73 Å². The van der Waals surface area contributed by atoms with E-state index in [-0.39, 0.29) is 42.5 Å². The number of halogens is 2. The van der Waals surface area contributed by atoms with Crippen LogP contribution in [0.25, 0.3) is 0 Å². The Morgan fingerprint density at radius 3 is 2.54 bits per heavy atom. The third-order valence-electron chi connectivity index (χ3n) is 3.79. The molecule has 0 spiro atoms. The highest BCUT2D eigenvalue weighted by Gasteiger charge is 2.33. The number of rotatable bonds is 3. The molecule has 1 aliphatic heterocycles. The molecule has 1 aliphatic rings. The summed E-state index contributed by atoms with van der Waals surface area (Å²) in [6.45, 7) is 6.39. The Bertz CT molecular complexity index is 558. The number of anilines is 1. The number of carbonyl (C=O) groups excluding carboxylic acids is 2. The summed E-state index contributed by atoms with van der Waals surface area (Å²) in [5.41, 5.74) is 6.00. The lowest BCUT2D eigenvalue weighted by atomic mass is 9.95. The zero-order valence-corrected chi connectivity index (χ0v) is 15.9. The topological polar surface area (TPSA) is 88.3 Å². The largest absolute Gasteiger partial charge is 0.340 e. The molecular formula is C16H26Cl2N4O2. The first-order valence-electron chi connectivity index (χ1n) is 7.59. The molecule has 1 unspecified atom stereocenters. The Kier molecular flexibility index (Phi) is 8.68. The van der Waals surface area contributed by atoms with Crippen LogP contribution in [0.1, 0.15) is 32.3 Å². The maximum atomic E-state index is 12.3. The molecule has 0 saturated carbocycles. The minimum atomic E-state index is -0.906. The second-order valence-corrected chi connectivity index (χ2v) is 6.52. The van der Waals surface area contributed by atoms with Gasteiger partial charge in [0.25, 0.3) is 0 Å². The summed E-state index contributed by atoms with van der Waals surface area (Å²) in [5, 5.41) is 2.82. The molecular weight excluding hydrogens is 351 g/mol. The molecule has 2 heterocycles. The van der Waals surface area contributed by atoms with Gasteiger partial charge in [-0.1, -0.05) is 6.07 Å². The minimum Gasteiger partial charge on any atom is -0.340 e. The number of pyridine rings is 1. The van der Waals surface area contributed by atoms with Crippen LogP contribution in [0.3, 0.4) is 0 Å².